The number of hydrogen-bond donors (Lipinski definition) is 1. The van der Waals surface area contributed by atoms with E-state index in [4.69, 9.17) is 14.7 Å². The maximum Gasteiger partial charge on any atom is 0.301 e. The van der Waals surface area contributed by atoms with Gasteiger partial charge in [-0.2, -0.15) is 10.4 Å². The Labute approximate surface area is 173 Å². The maximum atomic E-state index is 11.1. The summed E-state index contributed by atoms with van der Waals surface area (Å²) in [6, 6.07) is 8.34. The van der Waals surface area contributed by atoms with Gasteiger partial charge in [-0.3, -0.25) is 25.7 Å². The number of nitriles is 1. The van der Waals surface area contributed by atoms with Crippen LogP contribution in [-0.2, 0) is 0 Å². The van der Waals surface area contributed by atoms with Crippen LogP contribution >= 0.6 is 15.9 Å². The van der Waals surface area contributed by atoms with Gasteiger partial charge in [-0.15, -0.1) is 0 Å². The van der Waals surface area contributed by atoms with Gasteiger partial charge in [-0.25, -0.2) is 0 Å². The van der Waals surface area contributed by atoms with Crippen LogP contribution in [0.2, 0.25) is 0 Å². The van der Waals surface area contributed by atoms with Crippen LogP contribution in [0.15, 0.2) is 39.9 Å². The lowest BCUT2D eigenvalue weighted by Crippen LogP contribution is -2.02. The average Bonchev–Trinajstić information content (AvgIpc) is 2.67. The molecule has 11 nitrogen and oxygen atoms in total. The van der Waals surface area contributed by atoms with Gasteiger partial charge in [-0.05, 0) is 46.6 Å². The number of hydrazone groups is 1. The zero-order valence-corrected chi connectivity index (χ0v) is 16.6. The van der Waals surface area contributed by atoms with Crippen LogP contribution < -0.4 is 14.9 Å². The molecule has 0 saturated heterocycles. The summed E-state index contributed by atoms with van der Waals surface area (Å²) in [5, 5.41) is 34.6. The fraction of sp³-hybridized carbons (Fsp3) is 0.176. The smallest absolute Gasteiger partial charge is 0.301 e. The van der Waals surface area contributed by atoms with Crippen LogP contribution in [0.3, 0.4) is 0 Å². The van der Waals surface area contributed by atoms with Gasteiger partial charge in [0.05, 0.1) is 33.2 Å². The van der Waals surface area contributed by atoms with Crippen molar-refractivity contribution in [1.82, 2.24) is 0 Å². The summed E-state index contributed by atoms with van der Waals surface area (Å²) in [6.07, 6.45) is 1.38. The largest absolute Gasteiger partial charge is 0.490 e. The molecule has 150 valence electrons. The number of rotatable bonds is 9. The summed E-state index contributed by atoms with van der Waals surface area (Å²) in [5.74, 6) is 0.754. The topological polar surface area (TPSA) is 153 Å². The molecule has 0 unspecified atom stereocenters. The molecule has 0 radical (unpaired) electrons. The van der Waals surface area contributed by atoms with Crippen molar-refractivity contribution in [2.24, 2.45) is 5.10 Å². The third kappa shape index (κ3) is 5.63. The van der Waals surface area contributed by atoms with Gasteiger partial charge in [0.15, 0.2) is 18.1 Å². The molecule has 0 amide bonds. The third-order valence-corrected chi connectivity index (χ3v) is 3.99. The van der Waals surface area contributed by atoms with Crippen molar-refractivity contribution < 1.29 is 19.3 Å². The number of nitrogens with one attached hydrogen (secondary N) is 1. The number of nitro benzene ring substituents is 2. The molecular formula is C17H14BrN5O6. The van der Waals surface area contributed by atoms with E-state index in [0.717, 1.165) is 12.1 Å². The Balaban J connectivity index is 2.27. The van der Waals surface area contributed by atoms with Crippen molar-refractivity contribution in [1.29, 1.82) is 5.26 Å². The molecule has 1 N–H and O–H groups in total. The Morgan fingerprint density at radius 2 is 2.00 bits per heavy atom. The molecule has 0 heterocycles. The molecule has 0 bridgehead atoms. The Bertz CT molecular complexity index is 1000. The molecular weight excluding hydrogens is 450 g/mol. The first-order chi connectivity index (χ1) is 13.9. The highest BCUT2D eigenvalue weighted by Crippen LogP contribution is 2.36. The molecule has 0 saturated carbocycles. The van der Waals surface area contributed by atoms with Crippen LogP contribution in [0.5, 0.6) is 11.5 Å². The molecule has 0 atom stereocenters. The molecule has 0 aromatic heterocycles. The zero-order chi connectivity index (χ0) is 21.4. The average molecular weight is 464 g/mol. The minimum absolute atomic E-state index is 0.00470. The summed E-state index contributed by atoms with van der Waals surface area (Å²) in [5.41, 5.74) is 2.19. The van der Waals surface area contributed by atoms with Gasteiger partial charge in [-0.1, -0.05) is 0 Å². The predicted octanol–water partition coefficient (Wildman–Crippen LogP) is 4.01. The molecule has 2 rings (SSSR count). The Hall–Kier alpha value is -3.72. The van der Waals surface area contributed by atoms with Crippen molar-refractivity contribution in [3.8, 4) is 17.6 Å². The molecule has 0 fully saturated rings. The fourth-order valence-corrected chi connectivity index (χ4v) is 2.80. The Kier molecular flexibility index (Phi) is 7.44. The number of non-ortho nitro benzene ring substituents is 1. The van der Waals surface area contributed by atoms with Crippen molar-refractivity contribution >= 4 is 39.2 Å². The highest BCUT2D eigenvalue weighted by molar-refractivity contribution is 9.10. The van der Waals surface area contributed by atoms with Crippen LogP contribution in [0.25, 0.3) is 0 Å². The van der Waals surface area contributed by atoms with Crippen molar-refractivity contribution in [2.45, 2.75) is 6.92 Å². The summed E-state index contributed by atoms with van der Waals surface area (Å²) in [7, 11) is 0. The molecule has 0 aliphatic heterocycles. The number of ether oxygens (including phenoxy) is 2. The first-order valence-corrected chi connectivity index (χ1v) is 8.84. The van der Waals surface area contributed by atoms with Gasteiger partial charge in [0.2, 0.25) is 0 Å². The maximum absolute atomic E-state index is 11.1. The van der Waals surface area contributed by atoms with Crippen LogP contribution in [0.1, 0.15) is 12.5 Å². The second-order valence-corrected chi connectivity index (χ2v) is 6.15. The van der Waals surface area contributed by atoms with Gasteiger partial charge in [0, 0.05) is 6.07 Å². The number of halogens is 1. The quantitative estimate of drug-likeness (QED) is 0.332. The summed E-state index contributed by atoms with van der Waals surface area (Å²) >= 11 is 3.34. The van der Waals surface area contributed by atoms with E-state index in [1.165, 1.54) is 12.3 Å². The van der Waals surface area contributed by atoms with Crippen LogP contribution in [0, 0.1) is 31.6 Å². The van der Waals surface area contributed by atoms with E-state index in [-0.39, 0.29) is 12.3 Å². The molecule has 2 aromatic carbocycles. The number of hydrogen-bond acceptors (Lipinski definition) is 9. The number of nitro groups is 2. The second-order valence-electron chi connectivity index (χ2n) is 5.30. The lowest BCUT2D eigenvalue weighted by molar-refractivity contribution is -0.393. The summed E-state index contributed by atoms with van der Waals surface area (Å²) in [6.45, 7) is 2.00. The van der Waals surface area contributed by atoms with E-state index in [1.54, 1.807) is 19.1 Å². The van der Waals surface area contributed by atoms with Crippen molar-refractivity contribution in [3.63, 3.8) is 0 Å². The SMILES string of the molecule is CCOc1cc(C=NNc2ccc([N+](=O)[O-])cc2[N+](=O)[O-])cc(Br)c1OCC#N. The Morgan fingerprint density at radius 3 is 2.62 bits per heavy atom. The standard InChI is InChI=1S/C17H14BrN5O6/c1-2-28-16-8-11(7-13(18)17(16)29-6-5-19)10-20-21-14-4-3-12(22(24)25)9-15(14)23(26)27/h3-4,7-10,21H,2,6H2,1H3. The van der Waals surface area contributed by atoms with Gasteiger partial charge >= 0.3 is 5.69 Å². The lowest BCUT2D eigenvalue weighted by atomic mass is 10.2. The van der Waals surface area contributed by atoms with Gasteiger partial charge in [0.25, 0.3) is 5.69 Å². The van der Waals surface area contributed by atoms with Crippen LogP contribution in [-0.4, -0.2) is 29.3 Å². The van der Waals surface area contributed by atoms with Gasteiger partial charge in [0.1, 0.15) is 11.8 Å². The van der Waals surface area contributed by atoms with E-state index >= 15 is 0 Å². The molecule has 0 spiro atoms. The monoisotopic (exact) mass is 463 g/mol. The molecule has 12 heteroatoms. The predicted molar refractivity (Wildman–Crippen MR) is 107 cm³/mol. The van der Waals surface area contributed by atoms with E-state index in [2.05, 4.69) is 26.5 Å². The molecule has 2 aromatic rings. The summed E-state index contributed by atoms with van der Waals surface area (Å²) < 4.78 is 11.4. The van der Waals surface area contributed by atoms with Crippen LogP contribution in [0.4, 0.5) is 17.1 Å². The van der Waals surface area contributed by atoms with E-state index in [9.17, 15) is 20.2 Å². The molecule has 29 heavy (non-hydrogen) atoms. The number of anilines is 1. The first-order valence-electron chi connectivity index (χ1n) is 8.05. The fourth-order valence-electron chi connectivity index (χ4n) is 2.23. The minimum atomic E-state index is -0.740. The van der Waals surface area contributed by atoms with Gasteiger partial charge < -0.3 is 9.47 Å². The van der Waals surface area contributed by atoms with Crippen molar-refractivity contribution in [2.75, 3.05) is 18.6 Å². The van der Waals surface area contributed by atoms with E-state index in [0.29, 0.717) is 28.1 Å². The van der Waals surface area contributed by atoms with E-state index in [1.807, 2.05) is 6.07 Å². The first kappa shape index (κ1) is 21.6. The lowest BCUT2D eigenvalue weighted by Gasteiger charge is -2.12. The number of benzene rings is 2. The zero-order valence-electron chi connectivity index (χ0n) is 15.0. The highest BCUT2D eigenvalue weighted by Gasteiger charge is 2.19. The third-order valence-electron chi connectivity index (χ3n) is 3.40. The minimum Gasteiger partial charge on any atom is -0.490 e. The number of nitrogens with zero attached hydrogens (tertiary/aromatic N) is 4. The van der Waals surface area contributed by atoms with Crippen molar-refractivity contribution in [3.05, 3.63) is 60.6 Å². The summed E-state index contributed by atoms with van der Waals surface area (Å²) in [4.78, 5) is 20.5. The molecule has 0 aliphatic rings. The second kappa shape index (κ2) is 10.00. The van der Waals surface area contributed by atoms with E-state index < -0.39 is 21.2 Å². The highest BCUT2D eigenvalue weighted by atomic mass is 79.9. The Morgan fingerprint density at radius 1 is 1.24 bits per heavy atom. The normalized spacial score (nSPS) is 10.4. The molecule has 0 aliphatic carbocycles.